The van der Waals surface area contributed by atoms with Gasteiger partial charge in [-0.3, -0.25) is 14.4 Å². The normalized spacial score (nSPS) is 33.5. The van der Waals surface area contributed by atoms with Crippen molar-refractivity contribution < 1.29 is 24.2 Å². The number of carbonyl (C=O) groups excluding carboxylic acids is 3. The molecule has 3 aliphatic rings. The lowest BCUT2D eigenvalue weighted by Crippen LogP contribution is -2.52. The molecule has 1 aromatic carbocycles. The van der Waals surface area contributed by atoms with E-state index < -0.39 is 28.6 Å². The van der Waals surface area contributed by atoms with Gasteiger partial charge in [-0.1, -0.05) is 39.7 Å². The summed E-state index contributed by atoms with van der Waals surface area (Å²) in [4.78, 5) is 41.2. The Morgan fingerprint density at radius 2 is 2.19 bits per heavy atom. The van der Waals surface area contributed by atoms with Gasteiger partial charge >= 0.3 is 5.97 Å². The van der Waals surface area contributed by atoms with Gasteiger partial charge in [0.25, 0.3) is 0 Å². The van der Waals surface area contributed by atoms with Crippen molar-refractivity contribution in [1.29, 1.82) is 0 Å². The first kappa shape index (κ1) is 22.9. The van der Waals surface area contributed by atoms with E-state index in [1.807, 2.05) is 13.0 Å². The van der Waals surface area contributed by atoms with Crippen LogP contribution in [0.3, 0.4) is 0 Å². The van der Waals surface area contributed by atoms with E-state index in [2.05, 4.69) is 21.2 Å². The van der Waals surface area contributed by atoms with Gasteiger partial charge in [0.05, 0.1) is 40.5 Å². The summed E-state index contributed by atoms with van der Waals surface area (Å²) in [7, 11) is 0. The lowest BCUT2D eigenvalue weighted by molar-refractivity contribution is -0.153. The SMILES string of the molecule is CCOC(=O)[C@H]1[C@H]2C(=O)N(CCO)C(C(=O)Nc3c(C)cccc3Cl)C23CC(Br)[C@@H]1S3. The Bertz CT molecular complexity index is 913. The number of hydrogen-bond donors (Lipinski definition) is 2. The number of para-hydroxylation sites is 1. The molecule has 3 fully saturated rings. The second kappa shape index (κ2) is 8.57. The van der Waals surface area contributed by atoms with E-state index in [9.17, 15) is 19.5 Å². The van der Waals surface area contributed by atoms with Gasteiger partial charge in [-0.2, -0.15) is 0 Å². The molecule has 2 N–H and O–H groups in total. The molecule has 6 atom stereocenters. The van der Waals surface area contributed by atoms with Crippen LogP contribution in [0.1, 0.15) is 18.9 Å². The summed E-state index contributed by atoms with van der Waals surface area (Å²) in [6, 6.07) is 4.50. The Morgan fingerprint density at radius 1 is 1.45 bits per heavy atom. The van der Waals surface area contributed by atoms with Crippen molar-refractivity contribution in [2.75, 3.05) is 25.1 Å². The van der Waals surface area contributed by atoms with Crippen molar-refractivity contribution >= 4 is 62.8 Å². The number of alkyl halides is 1. The number of amides is 2. The summed E-state index contributed by atoms with van der Waals surface area (Å²) in [5.41, 5.74) is 1.30. The third kappa shape index (κ3) is 3.48. The molecule has 3 heterocycles. The third-order valence-corrected chi connectivity index (χ3v) is 9.94. The highest BCUT2D eigenvalue weighted by atomic mass is 79.9. The van der Waals surface area contributed by atoms with Crippen LogP contribution in [0.2, 0.25) is 5.02 Å². The van der Waals surface area contributed by atoms with Gasteiger partial charge in [-0.25, -0.2) is 0 Å². The molecule has 0 saturated carbocycles. The van der Waals surface area contributed by atoms with Gasteiger partial charge in [-0.15, -0.1) is 11.8 Å². The molecule has 0 aromatic heterocycles. The molecule has 10 heteroatoms. The van der Waals surface area contributed by atoms with Crippen LogP contribution >= 0.6 is 39.3 Å². The Balaban J connectivity index is 1.74. The molecular weight excluding hydrogens is 508 g/mol. The fraction of sp³-hybridized carbons (Fsp3) is 0.571. The molecule has 7 nitrogen and oxygen atoms in total. The molecule has 4 rings (SSSR count). The minimum absolute atomic E-state index is 0.0183. The molecule has 3 aliphatic heterocycles. The zero-order valence-corrected chi connectivity index (χ0v) is 20.3. The highest BCUT2D eigenvalue weighted by Crippen LogP contribution is 2.67. The van der Waals surface area contributed by atoms with Gasteiger partial charge in [0.15, 0.2) is 0 Å². The first-order chi connectivity index (χ1) is 14.8. The van der Waals surface area contributed by atoms with E-state index in [-0.39, 0.29) is 41.6 Å². The number of anilines is 1. The zero-order valence-electron chi connectivity index (χ0n) is 17.1. The lowest BCUT2D eigenvalue weighted by Gasteiger charge is -2.35. The van der Waals surface area contributed by atoms with Crippen LogP contribution in [0.15, 0.2) is 18.2 Å². The maximum Gasteiger partial charge on any atom is 0.310 e. The number of aliphatic hydroxyl groups is 1. The molecular formula is C21H24BrClN2O5S. The van der Waals surface area contributed by atoms with Crippen molar-refractivity contribution in [2.24, 2.45) is 11.8 Å². The van der Waals surface area contributed by atoms with Gasteiger partial charge in [-0.05, 0) is 31.9 Å². The summed E-state index contributed by atoms with van der Waals surface area (Å²) >= 11 is 11.5. The Hall–Kier alpha value is -1.29. The summed E-state index contributed by atoms with van der Waals surface area (Å²) in [5, 5.41) is 12.8. The van der Waals surface area contributed by atoms with Crippen LogP contribution in [0.5, 0.6) is 0 Å². The Kier molecular flexibility index (Phi) is 6.33. The monoisotopic (exact) mass is 530 g/mol. The topological polar surface area (TPSA) is 95.9 Å². The number of aliphatic hydroxyl groups excluding tert-OH is 1. The fourth-order valence-electron chi connectivity index (χ4n) is 5.27. The smallest absolute Gasteiger partial charge is 0.310 e. The van der Waals surface area contributed by atoms with Crippen LogP contribution in [-0.4, -0.2) is 68.4 Å². The van der Waals surface area contributed by atoms with Crippen molar-refractivity contribution in [2.45, 2.75) is 41.1 Å². The molecule has 1 spiro atoms. The van der Waals surface area contributed by atoms with E-state index in [0.717, 1.165) is 5.56 Å². The first-order valence-corrected chi connectivity index (χ1v) is 12.4. The average molecular weight is 532 g/mol. The number of halogens is 2. The van der Waals surface area contributed by atoms with Gasteiger partial charge in [0.1, 0.15) is 6.04 Å². The summed E-state index contributed by atoms with van der Waals surface area (Å²) in [6.45, 7) is 3.54. The number of nitrogens with one attached hydrogen (secondary N) is 1. The fourth-order valence-corrected chi connectivity index (χ4v) is 9.14. The molecule has 3 unspecified atom stereocenters. The van der Waals surface area contributed by atoms with Gasteiger partial charge in [0.2, 0.25) is 11.8 Å². The second-order valence-electron chi connectivity index (χ2n) is 8.09. The van der Waals surface area contributed by atoms with E-state index in [1.165, 1.54) is 16.7 Å². The van der Waals surface area contributed by atoms with Crippen LogP contribution in [-0.2, 0) is 19.1 Å². The highest BCUT2D eigenvalue weighted by molar-refractivity contribution is 9.09. The number of thioether (sulfide) groups is 1. The van der Waals surface area contributed by atoms with Crippen molar-refractivity contribution in [3.63, 3.8) is 0 Å². The van der Waals surface area contributed by atoms with E-state index in [4.69, 9.17) is 16.3 Å². The lowest BCUT2D eigenvalue weighted by atomic mass is 9.71. The molecule has 2 amide bonds. The summed E-state index contributed by atoms with van der Waals surface area (Å²) < 4.78 is 4.51. The summed E-state index contributed by atoms with van der Waals surface area (Å²) in [6.07, 6.45) is 0.566. The summed E-state index contributed by atoms with van der Waals surface area (Å²) in [5.74, 6) is -2.34. The Labute approximate surface area is 198 Å². The Morgan fingerprint density at radius 3 is 2.84 bits per heavy atom. The maximum absolute atomic E-state index is 13.6. The number of ether oxygens (including phenoxy) is 1. The molecule has 168 valence electrons. The van der Waals surface area contributed by atoms with Crippen molar-refractivity contribution in [3.05, 3.63) is 28.8 Å². The first-order valence-electron chi connectivity index (χ1n) is 10.2. The van der Waals surface area contributed by atoms with Gasteiger partial charge in [0, 0.05) is 16.6 Å². The standard InChI is InChI=1S/C21H24BrClN2O5S/c1-3-30-20(29)13-14-19(28)25(7-8-26)17(21(14)9-11(22)16(13)31-21)18(27)24-15-10(2)5-4-6-12(15)23/h4-6,11,13-14,16-17,26H,3,7-9H2,1-2H3,(H,24,27)/t11?,13-,14-,16-,17?,21?/m0/s1. The molecule has 31 heavy (non-hydrogen) atoms. The average Bonchev–Trinajstić information content (AvgIpc) is 3.29. The number of esters is 1. The van der Waals surface area contributed by atoms with Crippen molar-refractivity contribution in [1.82, 2.24) is 4.90 Å². The third-order valence-electron chi connectivity index (χ3n) is 6.41. The number of β-amino-alcohol motifs (C(OH)–C–C–N with tert-alkyl or cyclic N) is 1. The quantitative estimate of drug-likeness (QED) is 0.433. The van der Waals surface area contributed by atoms with E-state index in [1.54, 1.807) is 19.1 Å². The number of rotatable bonds is 6. The molecule has 1 aromatic rings. The maximum atomic E-state index is 13.6. The highest BCUT2D eigenvalue weighted by Gasteiger charge is 2.75. The predicted molar refractivity (Wildman–Crippen MR) is 122 cm³/mol. The van der Waals surface area contributed by atoms with Crippen LogP contribution in [0.25, 0.3) is 0 Å². The zero-order chi connectivity index (χ0) is 22.5. The minimum Gasteiger partial charge on any atom is -0.466 e. The van der Waals surface area contributed by atoms with Crippen LogP contribution < -0.4 is 5.32 Å². The molecule has 0 radical (unpaired) electrons. The predicted octanol–water partition coefficient (Wildman–Crippen LogP) is 2.61. The number of likely N-dealkylation sites (tertiary alicyclic amines) is 1. The number of nitrogens with zero attached hydrogens (tertiary/aromatic N) is 1. The van der Waals surface area contributed by atoms with Crippen LogP contribution in [0.4, 0.5) is 5.69 Å². The van der Waals surface area contributed by atoms with Crippen molar-refractivity contribution in [3.8, 4) is 0 Å². The minimum atomic E-state index is -0.831. The molecule has 3 saturated heterocycles. The molecule has 2 bridgehead atoms. The number of hydrogen-bond acceptors (Lipinski definition) is 6. The number of fused-ring (bicyclic) bond motifs is 1. The van der Waals surface area contributed by atoms with E-state index in [0.29, 0.717) is 17.1 Å². The number of aryl methyl sites for hydroxylation is 1. The largest absolute Gasteiger partial charge is 0.466 e. The van der Waals surface area contributed by atoms with Crippen LogP contribution in [0, 0.1) is 18.8 Å². The molecule has 0 aliphatic carbocycles. The number of carbonyl (C=O) groups is 3. The number of benzene rings is 1. The van der Waals surface area contributed by atoms with E-state index >= 15 is 0 Å². The van der Waals surface area contributed by atoms with Gasteiger partial charge < -0.3 is 20.1 Å². The second-order valence-corrected chi connectivity index (χ2v) is 11.2.